The van der Waals surface area contributed by atoms with E-state index in [1.807, 2.05) is 67.6 Å². The van der Waals surface area contributed by atoms with Gasteiger partial charge in [0, 0.05) is 0 Å². The first-order valence-corrected chi connectivity index (χ1v) is 10.1. The van der Waals surface area contributed by atoms with Gasteiger partial charge in [0.15, 0.2) is 0 Å². The highest BCUT2D eigenvalue weighted by atomic mass is 31.2. The second kappa shape index (κ2) is 9.14. The van der Waals surface area contributed by atoms with E-state index in [-0.39, 0.29) is 12.6 Å². The van der Waals surface area contributed by atoms with E-state index in [9.17, 15) is 9.46 Å². The minimum absolute atomic E-state index is 0.162. The van der Waals surface area contributed by atoms with E-state index in [1.165, 1.54) is 0 Å². The van der Waals surface area contributed by atoms with E-state index in [0.29, 0.717) is 6.42 Å². The summed E-state index contributed by atoms with van der Waals surface area (Å²) < 4.78 is 17.7. The quantitative estimate of drug-likeness (QED) is 0.645. The van der Waals surface area contributed by atoms with Gasteiger partial charge in [-0.15, -0.1) is 0 Å². The monoisotopic (exact) mass is 347 g/mol. The van der Waals surface area contributed by atoms with Gasteiger partial charge in [0.1, 0.15) is 5.78 Å². The Morgan fingerprint density at radius 2 is 1.50 bits per heavy atom. The number of nitrogens with one attached hydrogen (secondary N) is 1. The summed E-state index contributed by atoms with van der Waals surface area (Å²) >= 11 is 0. The molecule has 0 radical (unpaired) electrons. The van der Waals surface area contributed by atoms with Crippen LogP contribution in [0, 0.1) is 0 Å². The second-order valence-corrected chi connectivity index (χ2v) is 7.72. The first-order chi connectivity index (χ1) is 11.6. The van der Waals surface area contributed by atoms with Crippen LogP contribution in [0.2, 0.25) is 0 Å². The van der Waals surface area contributed by atoms with Crippen molar-refractivity contribution < 1.29 is 14.0 Å². The van der Waals surface area contributed by atoms with Gasteiger partial charge < -0.3 is 9.42 Å². The summed E-state index contributed by atoms with van der Waals surface area (Å²) in [5.41, 5.74) is 2.11. The maximum Gasteiger partial charge on any atom is 0.344 e. The molecule has 0 amide bonds. The summed E-state index contributed by atoms with van der Waals surface area (Å²) in [7, 11) is -3.73. The van der Waals surface area contributed by atoms with Crippen LogP contribution >= 0.6 is 7.60 Å². The van der Waals surface area contributed by atoms with Crippen molar-refractivity contribution >= 4 is 7.60 Å². The Morgan fingerprint density at radius 3 is 1.92 bits per heavy atom. The summed E-state index contributed by atoms with van der Waals surface area (Å²) in [6, 6.07) is 19.8. The van der Waals surface area contributed by atoms with Gasteiger partial charge in [0.25, 0.3) is 0 Å². The fourth-order valence-corrected chi connectivity index (χ4v) is 4.23. The Morgan fingerprint density at radius 1 is 1.00 bits per heavy atom. The van der Waals surface area contributed by atoms with E-state index >= 15 is 0 Å². The van der Waals surface area contributed by atoms with Crippen molar-refractivity contribution in [3.05, 3.63) is 71.8 Å². The van der Waals surface area contributed by atoms with Gasteiger partial charge in [-0.1, -0.05) is 74.0 Å². The zero-order valence-corrected chi connectivity index (χ0v) is 15.2. The minimum Gasteiger partial charge on any atom is -0.323 e. The highest BCUT2D eigenvalue weighted by Gasteiger charge is 2.33. The maximum atomic E-state index is 12.6. The standard InChI is InChI=1S/C19H26NO3P/c1-3-11-18(24(21,22)23-4-2)20-19(16-12-7-5-8-13-16)17-14-9-6-10-15-17/h5-10,12-15,18-20H,3-4,11H2,1-2H3,(H,21,22). The molecule has 0 fully saturated rings. The third-order valence-corrected chi connectivity index (χ3v) is 5.72. The van der Waals surface area contributed by atoms with Crippen LogP contribution in [0.1, 0.15) is 43.9 Å². The largest absolute Gasteiger partial charge is 0.344 e. The lowest BCUT2D eigenvalue weighted by atomic mass is 9.98. The van der Waals surface area contributed by atoms with E-state index in [1.54, 1.807) is 6.92 Å². The molecular formula is C19H26NO3P. The molecular weight excluding hydrogens is 321 g/mol. The van der Waals surface area contributed by atoms with Gasteiger partial charge in [-0.25, -0.2) is 0 Å². The molecule has 2 N–H and O–H groups in total. The lowest BCUT2D eigenvalue weighted by Crippen LogP contribution is -2.34. The molecule has 2 rings (SSSR count). The van der Waals surface area contributed by atoms with Crippen LogP contribution in [0.3, 0.4) is 0 Å². The van der Waals surface area contributed by atoms with Crippen molar-refractivity contribution in [2.45, 2.75) is 38.5 Å². The molecule has 0 saturated heterocycles. The van der Waals surface area contributed by atoms with Gasteiger partial charge in [-0.05, 0) is 24.5 Å². The SMILES string of the molecule is CCCC(NC(c1ccccc1)c1ccccc1)[P@](=O)(O)OCC. The number of benzene rings is 2. The molecule has 0 aliphatic rings. The normalized spacial score (nSPS) is 15.2. The van der Waals surface area contributed by atoms with Crippen molar-refractivity contribution in [1.82, 2.24) is 5.32 Å². The van der Waals surface area contributed by atoms with Crippen LogP contribution < -0.4 is 5.32 Å². The lowest BCUT2D eigenvalue weighted by Gasteiger charge is -2.29. The molecule has 0 saturated carbocycles. The summed E-state index contributed by atoms with van der Waals surface area (Å²) in [6.45, 7) is 3.95. The fourth-order valence-electron chi connectivity index (χ4n) is 2.76. The number of hydrogen-bond donors (Lipinski definition) is 2. The average molecular weight is 347 g/mol. The Kier molecular flexibility index (Phi) is 7.19. The van der Waals surface area contributed by atoms with Gasteiger partial charge >= 0.3 is 7.60 Å². The third kappa shape index (κ3) is 5.02. The molecule has 0 heterocycles. The Balaban J connectivity index is 2.34. The zero-order chi connectivity index (χ0) is 17.4. The number of rotatable bonds is 9. The Bertz CT molecular complexity index is 609. The molecule has 0 spiro atoms. The molecule has 2 atom stereocenters. The molecule has 0 bridgehead atoms. The average Bonchev–Trinajstić information content (AvgIpc) is 2.60. The van der Waals surface area contributed by atoms with E-state index < -0.39 is 13.4 Å². The van der Waals surface area contributed by atoms with Crippen molar-refractivity contribution in [1.29, 1.82) is 0 Å². The van der Waals surface area contributed by atoms with Crippen LogP contribution in [0.15, 0.2) is 60.7 Å². The van der Waals surface area contributed by atoms with Crippen molar-refractivity contribution in [2.24, 2.45) is 0 Å². The number of hydrogen-bond acceptors (Lipinski definition) is 3. The summed E-state index contributed by atoms with van der Waals surface area (Å²) in [6.07, 6.45) is 1.37. The van der Waals surface area contributed by atoms with Gasteiger partial charge in [-0.2, -0.15) is 0 Å². The predicted octanol–water partition coefficient (Wildman–Crippen LogP) is 4.71. The molecule has 1 unspecified atom stereocenters. The fraction of sp³-hybridized carbons (Fsp3) is 0.368. The van der Waals surface area contributed by atoms with Crippen LogP contribution in [-0.2, 0) is 9.09 Å². The zero-order valence-electron chi connectivity index (χ0n) is 14.3. The topological polar surface area (TPSA) is 58.6 Å². The first-order valence-electron chi connectivity index (χ1n) is 8.41. The predicted molar refractivity (Wildman–Crippen MR) is 98.0 cm³/mol. The van der Waals surface area contributed by atoms with Gasteiger partial charge in [0.05, 0.1) is 12.6 Å². The van der Waals surface area contributed by atoms with E-state index in [2.05, 4.69) is 5.32 Å². The van der Waals surface area contributed by atoms with Crippen LogP contribution in [0.5, 0.6) is 0 Å². The molecule has 24 heavy (non-hydrogen) atoms. The Hall–Kier alpha value is -1.45. The van der Waals surface area contributed by atoms with E-state index in [4.69, 9.17) is 4.52 Å². The smallest absolute Gasteiger partial charge is 0.323 e. The molecule has 2 aromatic carbocycles. The third-order valence-electron chi connectivity index (χ3n) is 3.89. The van der Waals surface area contributed by atoms with E-state index in [0.717, 1.165) is 17.5 Å². The summed E-state index contributed by atoms with van der Waals surface area (Å²) in [4.78, 5) is 10.3. The molecule has 0 aliphatic heterocycles. The molecule has 130 valence electrons. The minimum atomic E-state index is -3.73. The van der Waals surface area contributed by atoms with Crippen LogP contribution in [-0.4, -0.2) is 17.3 Å². The van der Waals surface area contributed by atoms with Crippen LogP contribution in [0.25, 0.3) is 0 Å². The molecule has 0 aromatic heterocycles. The lowest BCUT2D eigenvalue weighted by molar-refractivity contribution is 0.253. The summed E-state index contributed by atoms with van der Waals surface area (Å²) in [5, 5.41) is 3.37. The highest BCUT2D eigenvalue weighted by molar-refractivity contribution is 7.53. The molecule has 5 heteroatoms. The highest BCUT2D eigenvalue weighted by Crippen LogP contribution is 2.49. The summed E-state index contributed by atoms with van der Waals surface area (Å²) in [5.74, 6) is -0.604. The first kappa shape index (κ1) is 18.9. The van der Waals surface area contributed by atoms with Crippen molar-refractivity contribution in [3.63, 3.8) is 0 Å². The molecule has 2 aromatic rings. The molecule has 0 aliphatic carbocycles. The van der Waals surface area contributed by atoms with Crippen molar-refractivity contribution in [3.8, 4) is 0 Å². The van der Waals surface area contributed by atoms with Gasteiger partial charge in [-0.3, -0.25) is 9.88 Å². The Labute approximate surface area is 144 Å². The van der Waals surface area contributed by atoms with Crippen LogP contribution in [0.4, 0.5) is 0 Å². The molecule has 4 nitrogen and oxygen atoms in total. The maximum absolute atomic E-state index is 12.6. The van der Waals surface area contributed by atoms with Gasteiger partial charge in [0.2, 0.25) is 0 Å². The second-order valence-electron chi connectivity index (χ2n) is 5.71. The van der Waals surface area contributed by atoms with Crippen molar-refractivity contribution in [2.75, 3.05) is 6.61 Å².